The van der Waals surface area contributed by atoms with Crippen molar-refractivity contribution in [1.29, 1.82) is 5.26 Å². The highest BCUT2D eigenvalue weighted by molar-refractivity contribution is 7.81. The first-order chi connectivity index (χ1) is 6.49. The summed E-state index contributed by atoms with van der Waals surface area (Å²) in [5.74, 6) is 0. The zero-order chi connectivity index (χ0) is 10.8. The van der Waals surface area contributed by atoms with Gasteiger partial charge in [0, 0.05) is 5.69 Å². The van der Waals surface area contributed by atoms with Crippen LogP contribution in [-0.4, -0.2) is 0 Å². The Labute approximate surface area is 83.9 Å². The molecule has 0 aliphatic rings. The smallest absolute Gasteiger partial charge is 0.332 e. The van der Waals surface area contributed by atoms with E-state index in [0.29, 0.717) is 0 Å². The van der Waals surface area contributed by atoms with Crippen LogP contribution in [0.2, 0.25) is 0 Å². The van der Waals surface area contributed by atoms with Crippen molar-refractivity contribution in [3.05, 3.63) is 29.3 Å². The second kappa shape index (κ2) is 3.80. The molecular weight excluding hydrogens is 213 g/mol. The third-order valence-electron chi connectivity index (χ3n) is 1.57. The molecule has 1 N–H and O–H groups in total. The van der Waals surface area contributed by atoms with E-state index in [4.69, 9.17) is 5.26 Å². The molecule has 0 bridgehead atoms. The average Bonchev–Trinajstić information content (AvgIpc) is 2.15. The fourth-order valence-corrected chi connectivity index (χ4v) is 1.08. The summed E-state index contributed by atoms with van der Waals surface area (Å²) >= 11 is 3.62. The molecule has 0 unspecified atom stereocenters. The summed E-state index contributed by atoms with van der Waals surface area (Å²) < 4.78 is 39.3. The van der Waals surface area contributed by atoms with E-state index in [1.165, 1.54) is 12.1 Å². The lowest BCUT2D eigenvalue weighted by molar-refractivity contribution is -0.137. The van der Waals surface area contributed by atoms with Crippen molar-refractivity contribution in [2.75, 3.05) is 4.72 Å². The summed E-state index contributed by atoms with van der Waals surface area (Å²) in [4.78, 5) is 0. The van der Waals surface area contributed by atoms with Gasteiger partial charge in [0.05, 0.1) is 17.2 Å². The molecule has 0 heterocycles. The highest BCUT2D eigenvalue weighted by atomic mass is 32.1. The number of alkyl halides is 3. The Bertz CT molecular complexity index is 381. The van der Waals surface area contributed by atoms with Crippen molar-refractivity contribution >= 4 is 18.5 Å². The molecule has 0 atom stereocenters. The molecule has 0 saturated carbocycles. The first-order valence-electron chi connectivity index (χ1n) is 3.50. The number of nitrogens with zero attached hydrogens (tertiary/aromatic N) is 1. The predicted octanol–water partition coefficient (Wildman–Crippen LogP) is 2.83. The molecule has 1 aromatic rings. The number of halogens is 3. The van der Waals surface area contributed by atoms with Gasteiger partial charge in [-0.2, -0.15) is 18.4 Å². The minimum absolute atomic E-state index is 0.194. The Balaban J connectivity index is 3.31. The molecule has 14 heavy (non-hydrogen) atoms. The van der Waals surface area contributed by atoms with Crippen LogP contribution < -0.4 is 4.72 Å². The van der Waals surface area contributed by atoms with Crippen LogP contribution in [0.4, 0.5) is 18.9 Å². The summed E-state index contributed by atoms with van der Waals surface area (Å²) in [6.07, 6.45) is -4.52. The van der Waals surface area contributed by atoms with Gasteiger partial charge in [-0.3, -0.25) is 0 Å². The SMILES string of the molecule is N#Cc1ccc(NS)cc1C(F)(F)F. The molecule has 2 nitrogen and oxygen atoms in total. The first-order valence-corrected chi connectivity index (χ1v) is 3.95. The molecule has 0 aliphatic carbocycles. The van der Waals surface area contributed by atoms with E-state index < -0.39 is 17.3 Å². The van der Waals surface area contributed by atoms with Crippen molar-refractivity contribution in [3.8, 4) is 6.07 Å². The Morgan fingerprint density at radius 3 is 2.43 bits per heavy atom. The number of hydrogen-bond donors (Lipinski definition) is 2. The third kappa shape index (κ3) is 2.12. The topological polar surface area (TPSA) is 35.8 Å². The summed E-state index contributed by atoms with van der Waals surface area (Å²) in [6.45, 7) is 0. The molecule has 0 saturated heterocycles. The minimum atomic E-state index is -4.52. The highest BCUT2D eigenvalue weighted by Crippen LogP contribution is 2.33. The molecule has 74 valence electrons. The molecular formula is C8H5F3N2S. The van der Waals surface area contributed by atoms with Gasteiger partial charge in [-0.05, 0) is 18.2 Å². The molecule has 0 spiro atoms. The number of rotatable bonds is 1. The van der Waals surface area contributed by atoms with Crippen LogP contribution in [0, 0.1) is 11.3 Å². The number of benzene rings is 1. The lowest BCUT2D eigenvalue weighted by Crippen LogP contribution is -2.08. The summed E-state index contributed by atoms with van der Waals surface area (Å²) in [5.41, 5.74) is -1.16. The highest BCUT2D eigenvalue weighted by Gasteiger charge is 2.33. The zero-order valence-electron chi connectivity index (χ0n) is 6.76. The van der Waals surface area contributed by atoms with E-state index in [-0.39, 0.29) is 5.69 Å². The summed E-state index contributed by atoms with van der Waals surface area (Å²) in [7, 11) is 0. The van der Waals surface area contributed by atoms with Crippen LogP contribution >= 0.6 is 12.8 Å². The number of hydrogen-bond acceptors (Lipinski definition) is 3. The van der Waals surface area contributed by atoms with Gasteiger partial charge in [0.2, 0.25) is 0 Å². The Morgan fingerprint density at radius 1 is 1.36 bits per heavy atom. The van der Waals surface area contributed by atoms with E-state index in [1.807, 2.05) is 0 Å². The third-order valence-corrected chi connectivity index (χ3v) is 1.83. The van der Waals surface area contributed by atoms with Crippen LogP contribution in [0.5, 0.6) is 0 Å². The second-order valence-corrected chi connectivity index (χ2v) is 2.71. The molecule has 1 aromatic carbocycles. The summed E-state index contributed by atoms with van der Waals surface area (Å²) in [5, 5.41) is 8.46. The monoisotopic (exact) mass is 218 g/mol. The number of thiol groups is 1. The van der Waals surface area contributed by atoms with Crippen molar-refractivity contribution in [2.24, 2.45) is 0 Å². The van der Waals surface area contributed by atoms with Crippen LogP contribution in [0.15, 0.2) is 18.2 Å². The Hall–Kier alpha value is -1.35. The van der Waals surface area contributed by atoms with Gasteiger partial charge in [0.15, 0.2) is 0 Å². The standard InChI is InChI=1S/C8H5F3N2S/c9-8(10,11)7-3-6(13-14)2-1-5(7)4-12/h1-3,13-14H. The second-order valence-electron chi connectivity index (χ2n) is 2.48. The Morgan fingerprint density at radius 2 is 2.00 bits per heavy atom. The maximum Gasteiger partial charge on any atom is 0.417 e. The van der Waals surface area contributed by atoms with Gasteiger partial charge < -0.3 is 4.72 Å². The van der Waals surface area contributed by atoms with E-state index in [2.05, 4.69) is 17.5 Å². The molecule has 0 radical (unpaired) electrons. The summed E-state index contributed by atoms with van der Waals surface area (Å²) in [6, 6.07) is 4.77. The van der Waals surface area contributed by atoms with Gasteiger partial charge in [0.25, 0.3) is 0 Å². The molecule has 0 fully saturated rings. The van der Waals surface area contributed by atoms with E-state index >= 15 is 0 Å². The van der Waals surface area contributed by atoms with Crippen LogP contribution in [0.25, 0.3) is 0 Å². The van der Waals surface area contributed by atoms with Crippen molar-refractivity contribution in [1.82, 2.24) is 0 Å². The van der Waals surface area contributed by atoms with Crippen molar-refractivity contribution in [3.63, 3.8) is 0 Å². The average molecular weight is 218 g/mol. The number of nitrogens with one attached hydrogen (secondary N) is 1. The Kier molecular flexibility index (Phi) is 2.91. The molecule has 1 rings (SSSR count). The molecule has 6 heteroatoms. The number of nitriles is 1. The van der Waals surface area contributed by atoms with E-state index in [0.717, 1.165) is 12.1 Å². The van der Waals surface area contributed by atoms with Gasteiger partial charge in [-0.1, -0.05) is 12.8 Å². The predicted molar refractivity (Wildman–Crippen MR) is 48.8 cm³/mol. The normalized spacial score (nSPS) is 10.8. The maximum atomic E-state index is 12.3. The quantitative estimate of drug-likeness (QED) is 0.711. The fraction of sp³-hybridized carbons (Fsp3) is 0.125. The van der Waals surface area contributed by atoms with Crippen LogP contribution in [-0.2, 0) is 6.18 Å². The first kappa shape index (κ1) is 10.7. The lowest BCUT2D eigenvalue weighted by atomic mass is 10.1. The maximum absolute atomic E-state index is 12.3. The van der Waals surface area contributed by atoms with Gasteiger partial charge >= 0.3 is 6.18 Å². The molecule has 0 aliphatic heterocycles. The van der Waals surface area contributed by atoms with E-state index in [1.54, 1.807) is 0 Å². The molecule has 0 amide bonds. The largest absolute Gasteiger partial charge is 0.417 e. The molecule has 0 aromatic heterocycles. The minimum Gasteiger partial charge on any atom is -0.332 e. The van der Waals surface area contributed by atoms with Crippen molar-refractivity contribution < 1.29 is 13.2 Å². The van der Waals surface area contributed by atoms with Crippen molar-refractivity contribution in [2.45, 2.75) is 6.18 Å². The number of anilines is 1. The fourth-order valence-electron chi connectivity index (χ4n) is 0.946. The van der Waals surface area contributed by atoms with Gasteiger partial charge in [-0.25, -0.2) is 0 Å². The van der Waals surface area contributed by atoms with Gasteiger partial charge in [0.1, 0.15) is 0 Å². The lowest BCUT2D eigenvalue weighted by Gasteiger charge is -2.09. The van der Waals surface area contributed by atoms with Crippen LogP contribution in [0.3, 0.4) is 0 Å². The zero-order valence-corrected chi connectivity index (χ0v) is 7.65. The van der Waals surface area contributed by atoms with Gasteiger partial charge in [-0.15, -0.1) is 0 Å². The van der Waals surface area contributed by atoms with Crippen LogP contribution in [0.1, 0.15) is 11.1 Å². The van der Waals surface area contributed by atoms with E-state index in [9.17, 15) is 13.2 Å².